The number of carbonyl (C=O) groups is 3. The zero-order valence-electron chi connectivity index (χ0n) is 29.5. The maximum Gasteiger partial charge on any atom is 0.481 e. The Hall–Kier alpha value is -3.26. The lowest BCUT2D eigenvalue weighted by Gasteiger charge is -2.64. The van der Waals surface area contributed by atoms with Crippen LogP contribution in [-0.2, 0) is 30.5 Å². The summed E-state index contributed by atoms with van der Waals surface area (Å²) >= 11 is 0. The number of benzene rings is 2. The summed E-state index contributed by atoms with van der Waals surface area (Å²) < 4.78 is 36.6. The molecule has 3 amide bonds. The lowest BCUT2D eigenvalue weighted by Crippen LogP contribution is -2.65. The van der Waals surface area contributed by atoms with Crippen molar-refractivity contribution in [3.63, 3.8) is 0 Å². The third kappa shape index (κ3) is 8.06. The Balaban J connectivity index is 1.32. The summed E-state index contributed by atoms with van der Waals surface area (Å²) in [7, 11) is -4.58. The number of primary sulfonamides is 1. The molecule has 4 aliphatic rings. The molecule has 6 atom stereocenters. The number of rotatable bonds is 14. The molecule has 266 valence electrons. The Kier molecular flexibility index (Phi) is 11.0. The van der Waals surface area contributed by atoms with Crippen molar-refractivity contribution in [2.45, 2.75) is 109 Å². The minimum Gasteiger partial charge on any atom is -0.404 e. The first kappa shape index (κ1) is 37.0. The van der Waals surface area contributed by atoms with Gasteiger partial charge in [-0.3, -0.25) is 14.4 Å². The molecule has 1 unspecified atom stereocenters. The fourth-order valence-corrected chi connectivity index (χ4v) is 8.36. The molecule has 13 heteroatoms. The first-order chi connectivity index (χ1) is 23.0. The van der Waals surface area contributed by atoms with Gasteiger partial charge in [-0.2, -0.15) is 0 Å². The smallest absolute Gasteiger partial charge is 0.404 e. The molecule has 1 heterocycles. The molecule has 6 rings (SSSR count). The van der Waals surface area contributed by atoms with Crippen LogP contribution in [0.3, 0.4) is 0 Å². The molecule has 49 heavy (non-hydrogen) atoms. The van der Waals surface area contributed by atoms with Gasteiger partial charge in [-0.25, -0.2) is 13.6 Å². The van der Waals surface area contributed by atoms with Crippen LogP contribution in [-0.4, -0.2) is 63.5 Å². The van der Waals surface area contributed by atoms with Crippen LogP contribution in [0.1, 0.15) is 99.9 Å². The average molecular weight is 695 g/mol. The van der Waals surface area contributed by atoms with Gasteiger partial charge in [-0.05, 0) is 104 Å². The van der Waals surface area contributed by atoms with Gasteiger partial charge < -0.3 is 25.3 Å². The van der Waals surface area contributed by atoms with Gasteiger partial charge >= 0.3 is 7.12 Å². The molecular weight excluding hydrogens is 643 g/mol. The van der Waals surface area contributed by atoms with Crippen LogP contribution in [0.2, 0.25) is 0 Å². The summed E-state index contributed by atoms with van der Waals surface area (Å²) in [5, 5.41) is 13.8. The SMILES string of the molecule is CCCCc1ccc(C(=O)N[C@@H](CNC(=O)c2ccc(S(N)(=O)=O)cc2)C(=O)NC(CC(C)C)B2O[C@@H]3C[C@@H]4C[C@@H](C4(C)C)[C@]3(C)O2)cc1. The van der Waals surface area contributed by atoms with Gasteiger partial charge in [0.1, 0.15) is 6.04 Å². The van der Waals surface area contributed by atoms with Crippen LogP contribution >= 0.6 is 0 Å². The summed E-state index contributed by atoms with van der Waals surface area (Å²) in [5.41, 5.74) is 1.40. The van der Waals surface area contributed by atoms with Gasteiger partial charge in [0.2, 0.25) is 15.9 Å². The van der Waals surface area contributed by atoms with Gasteiger partial charge in [0, 0.05) is 17.7 Å². The highest BCUT2D eigenvalue weighted by molar-refractivity contribution is 7.89. The first-order valence-corrected chi connectivity index (χ1v) is 19.0. The highest BCUT2D eigenvalue weighted by atomic mass is 32.2. The summed E-state index contributed by atoms with van der Waals surface area (Å²) in [5.74, 6) is -0.836. The van der Waals surface area contributed by atoms with E-state index in [4.69, 9.17) is 14.4 Å². The average Bonchev–Trinajstić information content (AvgIpc) is 3.42. The van der Waals surface area contributed by atoms with E-state index < -0.39 is 52.4 Å². The maximum absolute atomic E-state index is 14.0. The van der Waals surface area contributed by atoms with Gasteiger partial charge in [0.25, 0.3) is 11.8 Å². The van der Waals surface area contributed by atoms with Crippen LogP contribution < -0.4 is 21.1 Å². The van der Waals surface area contributed by atoms with Crippen LogP contribution in [0, 0.1) is 23.2 Å². The fraction of sp³-hybridized carbons (Fsp3) is 0.583. The number of nitrogens with one attached hydrogen (secondary N) is 3. The van der Waals surface area contributed by atoms with Crippen molar-refractivity contribution in [3.05, 3.63) is 65.2 Å². The molecule has 3 saturated carbocycles. The number of nitrogens with two attached hydrogens (primary N) is 1. The molecule has 0 spiro atoms. The molecule has 11 nitrogen and oxygen atoms in total. The lowest BCUT2D eigenvalue weighted by molar-refractivity contribution is -0.199. The second-order valence-corrected chi connectivity index (χ2v) is 16.7. The number of carbonyl (C=O) groups excluding carboxylic acids is 3. The van der Waals surface area contributed by atoms with E-state index >= 15 is 0 Å². The Morgan fingerprint density at radius 1 is 0.959 bits per heavy atom. The largest absolute Gasteiger partial charge is 0.481 e. The first-order valence-electron chi connectivity index (χ1n) is 17.5. The van der Waals surface area contributed by atoms with Gasteiger partial charge in [0.15, 0.2) is 0 Å². The van der Waals surface area contributed by atoms with Crippen molar-refractivity contribution in [3.8, 4) is 0 Å². The minimum absolute atomic E-state index is 0.0587. The van der Waals surface area contributed by atoms with Crippen molar-refractivity contribution >= 4 is 34.9 Å². The van der Waals surface area contributed by atoms with E-state index in [9.17, 15) is 22.8 Å². The normalized spacial score (nSPS) is 25.1. The van der Waals surface area contributed by atoms with E-state index in [-0.39, 0.29) is 34.4 Å². The number of sulfonamides is 1. The Morgan fingerprint density at radius 3 is 2.18 bits per heavy atom. The maximum atomic E-state index is 14.0. The quantitative estimate of drug-likeness (QED) is 0.217. The Bertz CT molecular complexity index is 1630. The van der Waals surface area contributed by atoms with Gasteiger partial charge in [-0.15, -0.1) is 0 Å². The van der Waals surface area contributed by atoms with Gasteiger partial charge in [-0.1, -0.05) is 53.2 Å². The number of amides is 3. The predicted octanol–water partition coefficient (Wildman–Crippen LogP) is 4.00. The Labute approximate surface area is 291 Å². The number of unbranched alkanes of at least 4 members (excludes halogenated alkanes) is 1. The molecule has 3 aliphatic carbocycles. The number of aryl methyl sites for hydroxylation is 1. The van der Waals surface area contributed by atoms with Crippen molar-refractivity contribution < 1.29 is 32.1 Å². The zero-order valence-corrected chi connectivity index (χ0v) is 30.3. The molecule has 5 N–H and O–H groups in total. The molecule has 2 aromatic carbocycles. The predicted molar refractivity (Wildman–Crippen MR) is 188 cm³/mol. The molecule has 2 aromatic rings. The van der Waals surface area contributed by atoms with Crippen LogP contribution in [0.5, 0.6) is 0 Å². The number of hydrogen-bond donors (Lipinski definition) is 4. The lowest BCUT2D eigenvalue weighted by atomic mass is 9.43. The van der Waals surface area contributed by atoms with Crippen LogP contribution in [0.4, 0.5) is 0 Å². The summed E-state index contributed by atoms with van der Waals surface area (Å²) in [6, 6.07) is 11.3. The molecule has 0 aromatic heterocycles. The van der Waals surface area contributed by atoms with Crippen molar-refractivity contribution in [1.29, 1.82) is 0 Å². The fourth-order valence-electron chi connectivity index (χ4n) is 7.85. The Morgan fingerprint density at radius 2 is 1.59 bits per heavy atom. The highest BCUT2D eigenvalue weighted by Gasteiger charge is 2.68. The highest BCUT2D eigenvalue weighted by Crippen LogP contribution is 2.65. The van der Waals surface area contributed by atoms with E-state index in [0.29, 0.717) is 23.8 Å². The van der Waals surface area contributed by atoms with E-state index in [2.05, 4.69) is 57.5 Å². The van der Waals surface area contributed by atoms with Gasteiger partial charge in [0.05, 0.1) is 22.5 Å². The summed E-state index contributed by atoms with van der Waals surface area (Å²) in [6.07, 6.45) is 5.57. The molecular formula is C36H51BN4O7S. The molecule has 1 aliphatic heterocycles. The summed E-state index contributed by atoms with van der Waals surface area (Å²) in [4.78, 5) is 40.4. The molecule has 2 bridgehead atoms. The van der Waals surface area contributed by atoms with E-state index in [1.54, 1.807) is 12.1 Å². The van der Waals surface area contributed by atoms with Crippen LogP contribution in [0.15, 0.2) is 53.4 Å². The van der Waals surface area contributed by atoms with Crippen LogP contribution in [0.25, 0.3) is 0 Å². The second-order valence-electron chi connectivity index (χ2n) is 15.2. The molecule has 1 saturated heterocycles. The zero-order chi connectivity index (χ0) is 35.7. The van der Waals surface area contributed by atoms with E-state index in [1.165, 1.54) is 24.3 Å². The number of hydrogen-bond acceptors (Lipinski definition) is 7. The van der Waals surface area contributed by atoms with E-state index in [0.717, 1.165) is 37.7 Å². The second kappa shape index (κ2) is 14.5. The molecule has 0 radical (unpaired) electrons. The van der Waals surface area contributed by atoms with Crippen molar-refractivity contribution in [2.75, 3.05) is 6.54 Å². The monoisotopic (exact) mass is 694 g/mol. The third-order valence-electron chi connectivity index (χ3n) is 10.9. The summed E-state index contributed by atoms with van der Waals surface area (Å²) in [6.45, 7) is 12.8. The van der Waals surface area contributed by atoms with Crippen molar-refractivity contribution in [2.24, 2.45) is 28.3 Å². The topological polar surface area (TPSA) is 166 Å². The van der Waals surface area contributed by atoms with E-state index in [1.807, 2.05) is 12.1 Å². The third-order valence-corrected chi connectivity index (χ3v) is 11.8. The van der Waals surface area contributed by atoms with Crippen molar-refractivity contribution in [1.82, 2.24) is 16.0 Å². The standard InChI is InChI=1S/C36H51BN4O7S/c1-7-8-9-23-10-12-25(13-11-23)33(43)40-28(21-39-32(42)24-14-16-27(17-15-24)49(38,45)46)34(44)41-31(18-22(2)3)37-47-30-20-26-19-29(35(26,4)5)36(30,6)48-37/h10-17,22,26,28-31H,7-9,18-21H2,1-6H3,(H,39,42)(H,40,43)(H,41,44)(H2,38,45,46)/t26-,28-,29-,30+,31?,36-/m0/s1. The molecule has 4 fully saturated rings. The minimum atomic E-state index is -3.93.